The van der Waals surface area contributed by atoms with E-state index in [0.29, 0.717) is 23.1 Å². The maximum atomic E-state index is 13.5. The summed E-state index contributed by atoms with van der Waals surface area (Å²) in [5, 5.41) is 3.64. The molecule has 2 amide bonds. The van der Waals surface area contributed by atoms with E-state index in [0.717, 1.165) is 37.5 Å². The minimum Gasteiger partial charge on any atom is -0.494 e. The van der Waals surface area contributed by atoms with E-state index in [1.165, 1.54) is 10.7 Å². The van der Waals surface area contributed by atoms with Gasteiger partial charge in [-0.1, -0.05) is 49.1 Å². The van der Waals surface area contributed by atoms with Gasteiger partial charge in [-0.15, -0.1) is 0 Å². The number of anilines is 1. The number of carbonyl (C=O) groups is 2. The van der Waals surface area contributed by atoms with Crippen molar-refractivity contribution in [3.63, 3.8) is 0 Å². The Balaban J connectivity index is 1.71. The Bertz CT molecular complexity index is 1200. The van der Waals surface area contributed by atoms with Crippen LogP contribution in [0.3, 0.4) is 0 Å². The van der Waals surface area contributed by atoms with Crippen LogP contribution in [0.15, 0.2) is 48.5 Å². The summed E-state index contributed by atoms with van der Waals surface area (Å²) in [7, 11) is -3.58. The number of nitrogens with zero attached hydrogens (tertiary/aromatic N) is 2. The Morgan fingerprint density at radius 1 is 1.08 bits per heavy atom. The molecule has 1 fully saturated rings. The normalized spacial score (nSPS) is 14.9. The molecule has 1 saturated carbocycles. The predicted octanol–water partition coefficient (Wildman–Crippen LogP) is 5.15. The maximum Gasteiger partial charge on any atom is 0.242 e. The van der Waals surface area contributed by atoms with Crippen LogP contribution in [-0.4, -0.2) is 56.6 Å². The van der Waals surface area contributed by atoms with Gasteiger partial charge in [-0.2, -0.15) is 0 Å². The first-order chi connectivity index (χ1) is 18.6. The molecule has 10 heteroatoms. The predicted molar refractivity (Wildman–Crippen MR) is 156 cm³/mol. The second kappa shape index (κ2) is 14.6. The Morgan fingerprint density at radius 2 is 1.74 bits per heavy atom. The average molecular weight is 578 g/mol. The zero-order valence-electron chi connectivity index (χ0n) is 23.1. The van der Waals surface area contributed by atoms with Gasteiger partial charge in [0.05, 0.1) is 18.6 Å². The number of nitrogens with one attached hydrogen (secondary N) is 1. The molecule has 0 aromatic heterocycles. The maximum absolute atomic E-state index is 13.5. The minimum atomic E-state index is -3.58. The number of sulfonamides is 1. The summed E-state index contributed by atoms with van der Waals surface area (Å²) in [5.41, 5.74) is 1.25. The summed E-state index contributed by atoms with van der Waals surface area (Å²) in [6.45, 7) is 4.44. The van der Waals surface area contributed by atoms with Crippen molar-refractivity contribution in [1.82, 2.24) is 10.2 Å². The molecule has 0 unspecified atom stereocenters. The molecule has 3 rings (SSSR count). The SMILES string of the molecule is CCOc1ccc(N(CCCC(=O)N(Cc2ccccc2Cl)[C@H](C)C(=O)NC2CCCCC2)S(C)(=O)=O)cc1. The summed E-state index contributed by atoms with van der Waals surface area (Å²) in [6, 6.07) is 13.5. The second-order valence-electron chi connectivity index (χ2n) is 10.00. The van der Waals surface area contributed by atoms with Crippen molar-refractivity contribution in [3.05, 3.63) is 59.1 Å². The molecule has 0 saturated heterocycles. The van der Waals surface area contributed by atoms with Crippen molar-refractivity contribution < 1.29 is 22.7 Å². The number of carbonyl (C=O) groups excluding carboxylic acids is 2. The van der Waals surface area contributed by atoms with Gasteiger partial charge in [0.25, 0.3) is 0 Å². The molecule has 1 aliphatic rings. The molecule has 1 atom stereocenters. The molecular weight excluding hydrogens is 538 g/mol. The lowest BCUT2D eigenvalue weighted by atomic mass is 9.95. The third-order valence-corrected chi connectivity index (χ3v) is 8.57. The van der Waals surface area contributed by atoms with Crippen LogP contribution in [0.5, 0.6) is 5.75 Å². The van der Waals surface area contributed by atoms with Crippen molar-refractivity contribution in [1.29, 1.82) is 0 Å². The van der Waals surface area contributed by atoms with E-state index in [9.17, 15) is 18.0 Å². The molecule has 39 heavy (non-hydrogen) atoms. The molecule has 1 N–H and O–H groups in total. The Kier molecular flexibility index (Phi) is 11.5. The molecular formula is C29H40ClN3O5S. The molecule has 0 spiro atoms. The van der Waals surface area contributed by atoms with Crippen LogP contribution < -0.4 is 14.4 Å². The fourth-order valence-electron chi connectivity index (χ4n) is 4.84. The summed E-state index contributed by atoms with van der Waals surface area (Å²) in [4.78, 5) is 28.2. The number of hydrogen-bond acceptors (Lipinski definition) is 5. The zero-order chi connectivity index (χ0) is 28.4. The van der Waals surface area contributed by atoms with E-state index >= 15 is 0 Å². The second-order valence-corrected chi connectivity index (χ2v) is 12.3. The zero-order valence-corrected chi connectivity index (χ0v) is 24.6. The highest BCUT2D eigenvalue weighted by molar-refractivity contribution is 7.92. The lowest BCUT2D eigenvalue weighted by molar-refractivity contribution is -0.141. The van der Waals surface area contributed by atoms with Gasteiger partial charge in [-0.25, -0.2) is 8.42 Å². The topological polar surface area (TPSA) is 96.0 Å². The Labute approximate surface area is 237 Å². The highest BCUT2D eigenvalue weighted by Gasteiger charge is 2.29. The first kappa shape index (κ1) is 30.8. The van der Waals surface area contributed by atoms with Crippen LogP contribution in [0.4, 0.5) is 5.69 Å². The fraction of sp³-hybridized carbons (Fsp3) is 0.517. The van der Waals surface area contributed by atoms with Crippen LogP contribution in [0, 0.1) is 0 Å². The average Bonchev–Trinajstić information content (AvgIpc) is 2.91. The highest BCUT2D eigenvalue weighted by Crippen LogP contribution is 2.24. The standard InChI is InChI=1S/C29H40ClN3O5S/c1-4-38-26-18-16-25(17-19-26)33(39(3,36)37)20-10-15-28(34)32(21-23-11-8-9-14-27(23)30)22(2)29(35)31-24-12-6-5-7-13-24/h8-9,11,14,16-19,22,24H,4-7,10,12-13,15,20-21H2,1-3H3,(H,31,35)/t22-/m1/s1. The minimum absolute atomic E-state index is 0.0779. The van der Waals surface area contributed by atoms with Gasteiger partial charge < -0.3 is 15.0 Å². The molecule has 8 nitrogen and oxygen atoms in total. The number of rotatable bonds is 13. The van der Waals surface area contributed by atoms with Crippen molar-refractivity contribution in [2.75, 3.05) is 23.7 Å². The third kappa shape index (κ3) is 9.14. The molecule has 2 aromatic carbocycles. The monoisotopic (exact) mass is 577 g/mol. The van der Waals surface area contributed by atoms with E-state index in [1.54, 1.807) is 42.2 Å². The van der Waals surface area contributed by atoms with E-state index in [4.69, 9.17) is 16.3 Å². The van der Waals surface area contributed by atoms with Crippen LogP contribution in [0.2, 0.25) is 5.02 Å². The number of amides is 2. The lowest BCUT2D eigenvalue weighted by Gasteiger charge is -2.31. The van der Waals surface area contributed by atoms with Crippen molar-refractivity contribution in [2.24, 2.45) is 0 Å². The smallest absolute Gasteiger partial charge is 0.242 e. The molecule has 0 heterocycles. The van der Waals surface area contributed by atoms with Crippen molar-refractivity contribution in [2.45, 2.75) is 77.4 Å². The highest BCUT2D eigenvalue weighted by atomic mass is 35.5. The van der Waals surface area contributed by atoms with E-state index in [2.05, 4.69) is 5.32 Å². The van der Waals surface area contributed by atoms with Crippen LogP contribution in [-0.2, 0) is 26.2 Å². The summed E-state index contributed by atoms with van der Waals surface area (Å²) in [5.74, 6) is 0.233. The van der Waals surface area contributed by atoms with E-state index in [1.807, 2.05) is 25.1 Å². The van der Waals surface area contributed by atoms with Gasteiger partial charge >= 0.3 is 0 Å². The van der Waals surface area contributed by atoms with E-state index < -0.39 is 16.1 Å². The first-order valence-electron chi connectivity index (χ1n) is 13.6. The molecule has 0 radical (unpaired) electrons. The van der Waals surface area contributed by atoms with Gasteiger partial charge in [0, 0.05) is 30.6 Å². The van der Waals surface area contributed by atoms with Crippen molar-refractivity contribution in [3.8, 4) is 5.75 Å². The molecule has 0 aliphatic heterocycles. The van der Waals surface area contributed by atoms with E-state index in [-0.39, 0.29) is 43.8 Å². The quantitative estimate of drug-likeness (QED) is 0.355. The number of benzene rings is 2. The summed E-state index contributed by atoms with van der Waals surface area (Å²) >= 11 is 6.39. The first-order valence-corrected chi connectivity index (χ1v) is 15.9. The van der Waals surface area contributed by atoms with Gasteiger partial charge in [0.2, 0.25) is 21.8 Å². The Hall–Kier alpha value is -2.78. The summed E-state index contributed by atoms with van der Waals surface area (Å²) < 4.78 is 31.8. The van der Waals surface area contributed by atoms with Crippen LogP contribution >= 0.6 is 11.6 Å². The van der Waals surface area contributed by atoms with Crippen LogP contribution in [0.1, 0.15) is 64.4 Å². The van der Waals surface area contributed by atoms with Gasteiger partial charge in [-0.05, 0) is 69.0 Å². The Morgan fingerprint density at radius 3 is 2.36 bits per heavy atom. The third-order valence-electron chi connectivity index (χ3n) is 7.01. The van der Waals surface area contributed by atoms with Gasteiger partial charge in [-0.3, -0.25) is 13.9 Å². The largest absolute Gasteiger partial charge is 0.494 e. The fourth-order valence-corrected chi connectivity index (χ4v) is 6.00. The molecule has 214 valence electrons. The van der Waals surface area contributed by atoms with Gasteiger partial charge in [0.15, 0.2) is 0 Å². The van der Waals surface area contributed by atoms with Crippen LogP contribution in [0.25, 0.3) is 0 Å². The number of halogens is 1. The lowest BCUT2D eigenvalue weighted by Crippen LogP contribution is -2.50. The van der Waals surface area contributed by atoms with Crippen molar-refractivity contribution >= 4 is 39.1 Å². The summed E-state index contributed by atoms with van der Waals surface area (Å²) in [6.07, 6.45) is 6.77. The molecule has 1 aliphatic carbocycles. The number of hydrogen-bond donors (Lipinski definition) is 1. The molecule has 2 aromatic rings. The molecule has 0 bridgehead atoms. The number of ether oxygens (including phenoxy) is 1. The van der Waals surface area contributed by atoms with Gasteiger partial charge in [0.1, 0.15) is 11.8 Å².